The number of nitrogens with one attached hydrogen (secondary N) is 1. The molecule has 3 rings (SSSR count). The van der Waals surface area contributed by atoms with Crippen molar-refractivity contribution in [2.75, 3.05) is 26.2 Å². The highest BCUT2D eigenvalue weighted by molar-refractivity contribution is 5.71. The summed E-state index contributed by atoms with van der Waals surface area (Å²) in [6.07, 6.45) is 2.82. The number of likely N-dealkylation sites (tertiary alicyclic amines) is 1. The second-order valence-corrected chi connectivity index (χ2v) is 7.05. The number of hydrogen-bond acceptors (Lipinski definition) is 5. The van der Waals surface area contributed by atoms with E-state index in [9.17, 15) is 4.79 Å². The summed E-state index contributed by atoms with van der Waals surface area (Å²) < 4.78 is 5.08. The summed E-state index contributed by atoms with van der Waals surface area (Å²) in [6.45, 7) is 9.04. The van der Waals surface area contributed by atoms with Gasteiger partial charge in [-0.3, -0.25) is 14.8 Å². The molecule has 0 aliphatic carbocycles. The maximum Gasteiger partial charge on any atom is 0.320 e. The minimum Gasteiger partial charge on any atom is -0.465 e. The van der Waals surface area contributed by atoms with E-state index in [0.717, 1.165) is 30.8 Å². The number of hydrogen-bond donors (Lipinski definition) is 1. The average Bonchev–Trinajstić information content (AvgIpc) is 3.13. The number of piperidine rings is 1. The third-order valence-corrected chi connectivity index (χ3v) is 5.46. The maximum atomic E-state index is 11.7. The first-order valence-electron chi connectivity index (χ1n) is 8.88. The summed E-state index contributed by atoms with van der Waals surface area (Å²) in [5.41, 5.74) is 3.33. The molecule has 134 valence electrons. The van der Waals surface area contributed by atoms with E-state index in [4.69, 9.17) is 4.74 Å². The zero-order chi connectivity index (χ0) is 17.9. The largest absolute Gasteiger partial charge is 0.465 e. The Morgan fingerprint density at radius 3 is 3.00 bits per heavy atom. The molecule has 25 heavy (non-hydrogen) atoms. The zero-order valence-corrected chi connectivity index (χ0v) is 15.2. The van der Waals surface area contributed by atoms with Gasteiger partial charge in [-0.15, -0.1) is 5.10 Å². The number of carbonyl (C=O) groups excluding carboxylic acids is 1. The van der Waals surface area contributed by atoms with E-state index in [-0.39, 0.29) is 11.4 Å². The van der Waals surface area contributed by atoms with Gasteiger partial charge >= 0.3 is 5.97 Å². The van der Waals surface area contributed by atoms with Crippen LogP contribution in [0.2, 0.25) is 0 Å². The number of aromatic nitrogens is 3. The van der Waals surface area contributed by atoms with Gasteiger partial charge in [-0.2, -0.15) is 0 Å². The molecule has 2 aromatic rings. The highest BCUT2D eigenvalue weighted by Crippen LogP contribution is 2.40. The molecule has 6 nitrogen and oxygen atoms in total. The van der Waals surface area contributed by atoms with Gasteiger partial charge in [0.25, 0.3) is 0 Å². The van der Waals surface area contributed by atoms with E-state index in [1.807, 2.05) is 13.1 Å². The molecule has 0 bridgehead atoms. The Morgan fingerprint density at radius 2 is 2.32 bits per heavy atom. The first kappa shape index (κ1) is 17.6. The molecule has 1 aliphatic rings. The third kappa shape index (κ3) is 3.74. The van der Waals surface area contributed by atoms with Crippen molar-refractivity contribution in [1.29, 1.82) is 0 Å². The molecule has 0 spiro atoms. The lowest BCUT2D eigenvalue weighted by atomic mass is 9.68. The fourth-order valence-corrected chi connectivity index (χ4v) is 3.65. The van der Waals surface area contributed by atoms with Gasteiger partial charge in [0, 0.05) is 18.3 Å². The Kier molecular flexibility index (Phi) is 5.18. The first-order valence-corrected chi connectivity index (χ1v) is 8.88. The third-order valence-electron chi connectivity index (χ3n) is 5.46. The summed E-state index contributed by atoms with van der Waals surface area (Å²) in [6, 6.07) is 8.56. The van der Waals surface area contributed by atoms with Gasteiger partial charge < -0.3 is 4.74 Å². The number of aromatic amines is 1. The van der Waals surface area contributed by atoms with E-state index in [1.54, 1.807) is 0 Å². The van der Waals surface area contributed by atoms with Crippen LogP contribution in [0.5, 0.6) is 0 Å². The molecule has 0 radical (unpaired) electrons. The van der Waals surface area contributed by atoms with Gasteiger partial charge in [0.2, 0.25) is 0 Å². The molecule has 1 aromatic heterocycles. The van der Waals surface area contributed by atoms with Gasteiger partial charge in [-0.05, 0) is 42.9 Å². The lowest BCUT2D eigenvalue weighted by Crippen LogP contribution is -2.48. The quantitative estimate of drug-likeness (QED) is 0.846. The standard InChI is InChI=1S/C19H26N4O2/c1-4-25-18(24)13-23-9-8-19(3,14(2)12-23)16-7-5-6-15(10-16)17-11-20-22-21-17/h5-7,10-11,14H,4,8-9,12-13H2,1-3H3,(H,20,21,22). The van der Waals surface area contributed by atoms with Crippen LogP contribution in [0.3, 0.4) is 0 Å². The molecule has 1 aliphatic heterocycles. The van der Waals surface area contributed by atoms with Crippen LogP contribution in [0.1, 0.15) is 32.8 Å². The summed E-state index contributed by atoms with van der Waals surface area (Å²) in [4.78, 5) is 13.9. The number of nitrogens with zero attached hydrogens (tertiary/aromatic N) is 3. The van der Waals surface area contributed by atoms with Crippen LogP contribution in [0.4, 0.5) is 0 Å². The Balaban J connectivity index is 1.74. The number of esters is 1. The molecule has 6 heteroatoms. The lowest BCUT2D eigenvalue weighted by molar-refractivity contribution is -0.145. The number of benzene rings is 1. The fraction of sp³-hybridized carbons (Fsp3) is 0.526. The van der Waals surface area contributed by atoms with Crippen LogP contribution < -0.4 is 0 Å². The van der Waals surface area contributed by atoms with Gasteiger partial charge in [-0.25, -0.2) is 0 Å². The Bertz CT molecular complexity index is 716. The van der Waals surface area contributed by atoms with Crippen LogP contribution in [-0.4, -0.2) is 52.5 Å². The van der Waals surface area contributed by atoms with Gasteiger partial charge in [0.15, 0.2) is 0 Å². The normalized spacial score (nSPS) is 24.2. The summed E-state index contributed by atoms with van der Waals surface area (Å²) >= 11 is 0. The molecule has 2 unspecified atom stereocenters. The van der Waals surface area contributed by atoms with Crippen molar-refractivity contribution in [3.63, 3.8) is 0 Å². The lowest BCUT2D eigenvalue weighted by Gasteiger charge is -2.45. The van der Waals surface area contributed by atoms with Crippen molar-refractivity contribution in [1.82, 2.24) is 20.3 Å². The molecule has 1 aromatic carbocycles. The van der Waals surface area contributed by atoms with E-state index in [0.29, 0.717) is 19.1 Å². The highest BCUT2D eigenvalue weighted by Gasteiger charge is 2.38. The number of ether oxygens (including phenoxy) is 1. The second kappa shape index (κ2) is 7.35. The van der Waals surface area contributed by atoms with Crippen LogP contribution >= 0.6 is 0 Å². The van der Waals surface area contributed by atoms with Crippen LogP contribution in [0.15, 0.2) is 30.5 Å². The van der Waals surface area contributed by atoms with Crippen molar-refractivity contribution in [3.8, 4) is 11.3 Å². The number of H-pyrrole nitrogens is 1. The maximum absolute atomic E-state index is 11.7. The van der Waals surface area contributed by atoms with Crippen molar-refractivity contribution in [3.05, 3.63) is 36.0 Å². The Morgan fingerprint density at radius 1 is 1.48 bits per heavy atom. The summed E-state index contributed by atoms with van der Waals surface area (Å²) in [7, 11) is 0. The first-order chi connectivity index (χ1) is 12.0. The molecule has 2 heterocycles. The molecular weight excluding hydrogens is 316 g/mol. The number of carbonyl (C=O) groups is 1. The monoisotopic (exact) mass is 342 g/mol. The molecule has 1 N–H and O–H groups in total. The SMILES string of the molecule is CCOC(=O)CN1CCC(C)(c2cccc(-c3c[nH]nn3)c2)C(C)C1. The van der Waals surface area contributed by atoms with E-state index in [1.165, 1.54) is 5.56 Å². The Labute approximate surface area is 148 Å². The minimum absolute atomic E-state index is 0.0743. The van der Waals surface area contributed by atoms with Crippen molar-refractivity contribution in [2.45, 2.75) is 32.6 Å². The van der Waals surface area contributed by atoms with E-state index in [2.05, 4.69) is 58.4 Å². The Hall–Kier alpha value is -2.21. The molecule has 0 saturated carbocycles. The van der Waals surface area contributed by atoms with Crippen LogP contribution in [0.25, 0.3) is 11.3 Å². The van der Waals surface area contributed by atoms with Crippen molar-refractivity contribution < 1.29 is 9.53 Å². The molecular formula is C19H26N4O2. The van der Waals surface area contributed by atoms with E-state index >= 15 is 0 Å². The van der Waals surface area contributed by atoms with Crippen LogP contribution in [-0.2, 0) is 14.9 Å². The zero-order valence-electron chi connectivity index (χ0n) is 15.2. The van der Waals surface area contributed by atoms with Gasteiger partial charge in [0.1, 0.15) is 5.69 Å². The molecule has 2 atom stereocenters. The topological polar surface area (TPSA) is 71.1 Å². The average molecular weight is 342 g/mol. The minimum atomic E-state index is -0.133. The summed E-state index contributed by atoms with van der Waals surface area (Å²) in [5.74, 6) is 0.301. The molecule has 1 saturated heterocycles. The van der Waals surface area contributed by atoms with E-state index < -0.39 is 0 Å². The highest BCUT2D eigenvalue weighted by atomic mass is 16.5. The van der Waals surface area contributed by atoms with Crippen molar-refractivity contribution >= 4 is 5.97 Å². The van der Waals surface area contributed by atoms with Crippen LogP contribution in [0, 0.1) is 5.92 Å². The molecule has 1 fully saturated rings. The van der Waals surface area contributed by atoms with Gasteiger partial charge in [-0.1, -0.05) is 37.3 Å². The second-order valence-electron chi connectivity index (χ2n) is 7.05. The summed E-state index contributed by atoms with van der Waals surface area (Å²) in [5, 5.41) is 10.7. The predicted molar refractivity (Wildman–Crippen MR) is 96.0 cm³/mol. The smallest absolute Gasteiger partial charge is 0.320 e. The van der Waals surface area contributed by atoms with Gasteiger partial charge in [0.05, 0.1) is 13.2 Å². The predicted octanol–water partition coefficient (Wildman–Crippen LogP) is 2.63. The molecule has 0 amide bonds. The van der Waals surface area contributed by atoms with Crippen molar-refractivity contribution in [2.24, 2.45) is 5.92 Å². The fourth-order valence-electron chi connectivity index (χ4n) is 3.65. The number of rotatable bonds is 5.